The van der Waals surface area contributed by atoms with Gasteiger partial charge in [0.25, 0.3) is 0 Å². The van der Waals surface area contributed by atoms with E-state index in [1.165, 1.54) is 4.90 Å². The molecule has 0 bridgehead atoms. The van der Waals surface area contributed by atoms with Crippen molar-refractivity contribution < 1.29 is 9.90 Å². The van der Waals surface area contributed by atoms with Gasteiger partial charge in [0.2, 0.25) is 0 Å². The van der Waals surface area contributed by atoms with Crippen LogP contribution in [0.15, 0.2) is 24.9 Å². The lowest BCUT2D eigenvalue weighted by Crippen LogP contribution is -2.41. The van der Waals surface area contributed by atoms with Crippen LogP contribution in [0.4, 0.5) is 10.5 Å². The Kier molecular flexibility index (Phi) is 3.82. The molecule has 2 heterocycles. The standard InChI is InChI=1S/C13H17N3O2/c1-2-11-12(4-3-7-14-11)15-10-5-8-16(9-6-10)13(17)18/h2-4,7,10,15H,1,5-6,8-9H2,(H,17,18). The third kappa shape index (κ3) is 2.80. The molecule has 1 saturated heterocycles. The van der Waals surface area contributed by atoms with Gasteiger partial charge in [-0.2, -0.15) is 0 Å². The normalized spacial score (nSPS) is 16.3. The molecular formula is C13H17N3O2. The lowest BCUT2D eigenvalue weighted by atomic mass is 10.0. The first-order chi connectivity index (χ1) is 8.70. The SMILES string of the molecule is C=Cc1ncccc1NC1CCN(C(=O)O)CC1. The quantitative estimate of drug-likeness (QED) is 0.860. The van der Waals surface area contributed by atoms with Crippen LogP contribution in [-0.4, -0.2) is 40.2 Å². The van der Waals surface area contributed by atoms with Crippen LogP contribution >= 0.6 is 0 Å². The number of piperidine rings is 1. The zero-order valence-electron chi connectivity index (χ0n) is 10.2. The molecule has 2 N–H and O–H groups in total. The number of nitrogens with zero attached hydrogens (tertiary/aromatic N) is 2. The molecule has 0 spiro atoms. The number of likely N-dealkylation sites (tertiary alicyclic amines) is 1. The number of aromatic nitrogens is 1. The Bertz CT molecular complexity index is 440. The van der Waals surface area contributed by atoms with E-state index in [0.29, 0.717) is 19.1 Å². The third-order valence-electron chi connectivity index (χ3n) is 3.16. The number of pyridine rings is 1. The average molecular weight is 247 g/mol. The summed E-state index contributed by atoms with van der Waals surface area (Å²) in [6.07, 6.45) is 4.25. The number of hydrogen-bond donors (Lipinski definition) is 2. The van der Waals surface area contributed by atoms with Crippen molar-refractivity contribution in [1.82, 2.24) is 9.88 Å². The summed E-state index contributed by atoms with van der Waals surface area (Å²) in [5, 5.41) is 12.3. The molecule has 5 heteroatoms. The number of carbonyl (C=O) groups is 1. The van der Waals surface area contributed by atoms with E-state index >= 15 is 0 Å². The van der Waals surface area contributed by atoms with Gasteiger partial charge in [0, 0.05) is 25.3 Å². The fourth-order valence-corrected chi connectivity index (χ4v) is 2.14. The van der Waals surface area contributed by atoms with Gasteiger partial charge < -0.3 is 15.3 Å². The first kappa shape index (κ1) is 12.4. The van der Waals surface area contributed by atoms with Gasteiger partial charge >= 0.3 is 6.09 Å². The molecule has 1 aromatic rings. The topological polar surface area (TPSA) is 65.5 Å². The van der Waals surface area contributed by atoms with E-state index in [1.807, 2.05) is 12.1 Å². The number of hydrogen-bond acceptors (Lipinski definition) is 3. The Morgan fingerprint density at radius 1 is 1.56 bits per heavy atom. The number of rotatable bonds is 3. The molecule has 0 saturated carbocycles. The van der Waals surface area contributed by atoms with Gasteiger partial charge in [-0.1, -0.05) is 6.58 Å². The third-order valence-corrected chi connectivity index (χ3v) is 3.16. The molecule has 0 atom stereocenters. The molecule has 0 unspecified atom stereocenters. The Hall–Kier alpha value is -2.04. The van der Waals surface area contributed by atoms with Crippen LogP contribution in [0.1, 0.15) is 18.5 Å². The van der Waals surface area contributed by atoms with Crippen molar-refractivity contribution in [2.75, 3.05) is 18.4 Å². The predicted molar refractivity (Wildman–Crippen MR) is 70.6 cm³/mol. The van der Waals surface area contributed by atoms with Gasteiger partial charge in [-0.05, 0) is 31.1 Å². The van der Waals surface area contributed by atoms with Crippen molar-refractivity contribution in [2.45, 2.75) is 18.9 Å². The van der Waals surface area contributed by atoms with Gasteiger partial charge in [0.1, 0.15) is 0 Å². The maximum absolute atomic E-state index is 10.8. The van der Waals surface area contributed by atoms with E-state index in [0.717, 1.165) is 24.2 Å². The Morgan fingerprint density at radius 3 is 2.89 bits per heavy atom. The summed E-state index contributed by atoms with van der Waals surface area (Å²) < 4.78 is 0. The summed E-state index contributed by atoms with van der Waals surface area (Å²) in [4.78, 5) is 16.5. The van der Waals surface area contributed by atoms with Crippen molar-refractivity contribution in [2.24, 2.45) is 0 Å². The van der Waals surface area contributed by atoms with E-state index in [1.54, 1.807) is 12.3 Å². The lowest BCUT2D eigenvalue weighted by molar-refractivity contribution is 0.134. The van der Waals surface area contributed by atoms with Gasteiger partial charge in [-0.15, -0.1) is 0 Å². The minimum Gasteiger partial charge on any atom is -0.465 e. The fourth-order valence-electron chi connectivity index (χ4n) is 2.14. The van der Waals surface area contributed by atoms with Crippen LogP contribution in [0.5, 0.6) is 0 Å². The molecule has 1 amide bonds. The highest BCUT2D eigenvalue weighted by atomic mass is 16.4. The van der Waals surface area contributed by atoms with Gasteiger partial charge in [0.05, 0.1) is 11.4 Å². The second-order valence-corrected chi connectivity index (χ2v) is 4.33. The molecule has 0 radical (unpaired) electrons. The van der Waals surface area contributed by atoms with Crippen LogP contribution in [0, 0.1) is 0 Å². The van der Waals surface area contributed by atoms with Gasteiger partial charge in [-0.3, -0.25) is 4.98 Å². The smallest absolute Gasteiger partial charge is 0.407 e. The van der Waals surface area contributed by atoms with Crippen molar-refractivity contribution in [1.29, 1.82) is 0 Å². The number of amides is 1. The molecule has 1 fully saturated rings. The zero-order chi connectivity index (χ0) is 13.0. The minimum atomic E-state index is -0.832. The van der Waals surface area contributed by atoms with E-state index in [4.69, 9.17) is 5.11 Å². The minimum absolute atomic E-state index is 0.295. The van der Waals surface area contributed by atoms with Crippen LogP contribution in [-0.2, 0) is 0 Å². The monoisotopic (exact) mass is 247 g/mol. The second kappa shape index (κ2) is 5.53. The largest absolute Gasteiger partial charge is 0.465 e. The molecule has 1 aliphatic rings. The van der Waals surface area contributed by atoms with Crippen molar-refractivity contribution in [3.05, 3.63) is 30.6 Å². The highest BCUT2D eigenvalue weighted by Crippen LogP contribution is 2.19. The van der Waals surface area contributed by atoms with Crippen molar-refractivity contribution in [3.63, 3.8) is 0 Å². The first-order valence-corrected chi connectivity index (χ1v) is 6.02. The van der Waals surface area contributed by atoms with Crippen molar-refractivity contribution in [3.8, 4) is 0 Å². The first-order valence-electron chi connectivity index (χ1n) is 6.02. The van der Waals surface area contributed by atoms with E-state index in [-0.39, 0.29) is 0 Å². The van der Waals surface area contributed by atoms with Gasteiger partial charge in [0.15, 0.2) is 0 Å². The molecule has 18 heavy (non-hydrogen) atoms. The Labute approximate surface area is 106 Å². The Morgan fingerprint density at radius 2 is 2.28 bits per heavy atom. The summed E-state index contributed by atoms with van der Waals surface area (Å²) in [5.74, 6) is 0. The Balaban J connectivity index is 1.95. The maximum atomic E-state index is 10.8. The van der Waals surface area contributed by atoms with E-state index in [9.17, 15) is 4.79 Å². The summed E-state index contributed by atoms with van der Waals surface area (Å²) in [6.45, 7) is 4.89. The number of carboxylic acid groups (broad SMARTS) is 1. The highest BCUT2D eigenvalue weighted by Gasteiger charge is 2.22. The van der Waals surface area contributed by atoms with E-state index < -0.39 is 6.09 Å². The lowest BCUT2D eigenvalue weighted by Gasteiger charge is -2.31. The number of anilines is 1. The second-order valence-electron chi connectivity index (χ2n) is 4.33. The summed E-state index contributed by atoms with van der Waals surface area (Å²) in [5.41, 5.74) is 1.79. The molecular weight excluding hydrogens is 230 g/mol. The van der Waals surface area contributed by atoms with Crippen LogP contribution in [0.25, 0.3) is 6.08 Å². The summed E-state index contributed by atoms with van der Waals surface area (Å²) in [6, 6.07) is 4.14. The fraction of sp³-hybridized carbons (Fsp3) is 0.385. The molecule has 5 nitrogen and oxygen atoms in total. The summed E-state index contributed by atoms with van der Waals surface area (Å²) >= 11 is 0. The highest BCUT2D eigenvalue weighted by molar-refractivity contribution is 5.65. The zero-order valence-corrected chi connectivity index (χ0v) is 10.2. The predicted octanol–water partition coefficient (Wildman–Crippen LogP) is 2.28. The average Bonchev–Trinajstić information content (AvgIpc) is 2.40. The molecule has 0 aromatic carbocycles. The molecule has 1 aromatic heterocycles. The molecule has 96 valence electrons. The van der Waals surface area contributed by atoms with Crippen LogP contribution in [0.2, 0.25) is 0 Å². The maximum Gasteiger partial charge on any atom is 0.407 e. The van der Waals surface area contributed by atoms with E-state index in [2.05, 4.69) is 16.9 Å². The summed E-state index contributed by atoms with van der Waals surface area (Å²) in [7, 11) is 0. The van der Waals surface area contributed by atoms with Crippen LogP contribution < -0.4 is 5.32 Å². The molecule has 1 aliphatic heterocycles. The molecule has 2 rings (SSSR count). The van der Waals surface area contributed by atoms with Crippen LogP contribution in [0.3, 0.4) is 0 Å². The number of nitrogens with one attached hydrogen (secondary N) is 1. The molecule has 0 aliphatic carbocycles. The van der Waals surface area contributed by atoms with Gasteiger partial charge in [-0.25, -0.2) is 4.79 Å². The van der Waals surface area contributed by atoms with Crippen molar-refractivity contribution >= 4 is 17.9 Å².